The average molecular weight is 339 g/mol. The first-order valence-corrected chi connectivity index (χ1v) is 9.20. The van der Waals surface area contributed by atoms with E-state index in [0.717, 1.165) is 18.4 Å². The monoisotopic (exact) mass is 338 g/mol. The van der Waals surface area contributed by atoms with Crippen molar-refractivity contribution in [3.05, 3.63) is 47.8 Å². The van der Waals surface area contributed by atoms with Crippen LogP contribution >= 0.6 is 11.8 Å². The minimum atomic E-state index is 0.224. The molecule has 2 aromatic rings. The Labute approximate surface area is 150 Å². The van der Waals surface area contributed by atoms with Crippen molar-refractivity contribution in [2.45, 2.75) is 39.7 Å². The normalized spacial score (nSPS) is 19.4. The van der Waals surface area contributed by atoms with Crippen LogP contribution in [0.4, 0.5) is 0 Å². The van der Waals surface area contributed by atoms with E-state index in [1.54, 1.807) is 0 Å². The summed E-state index contributed by atoms with van der Waals surface area (Å²) in [6, 6.07) is 10.8. The van der Waals surface area contributed by atoms with E-state index in [9.17, 15) is 0 Å². The molecule has 24 heavy (non-hydrogen) atoms. The van der Waals surface area contributed by atoms with Crippen LogP contribution in [0.25, 0.3) is 11.1 Å². The van der Waals surface area contributed by atoms with Gasteiger partial charge in [-0.3, -0.25) is 4.99 Å². The molecule has 1 atom stereocenters. The van der Waals surface area contributed by atoms with Crippen LogP contribution in [0.5, 0.6) is 0 Å². The van der Waals surface area contributed by atoms with Gasteiger partial charge in [0.25, 0.3) is 0 Å². The van der Waals surface area contributed by atoms with E-state index in [2.05, 4.69) is 55.1 Å². The molecule has 1 aromatic heterocycles. The topological polar surface area (TPSA) is 28.1 Å². The second-order valence-corrected chi connectivity index (χ2v) is 7.56. The summed E-state index contributed by atoms with van der Waals surface area (Å²) < 4.78 is 7.10. The molecule has 3 heteroatoms. The van der Waals surface area contributed by atoms with Gasteiger partial charge in [0, 0.05) is 36.5 Å². The Bertz CT molecular complexity index is 822. The van der Waals surface area contributed by atoms with E-state index in [1.165, 1.54) is 34.3 Å². The fourth-order valence-corrected chi connectivity index (χ4v) is 3.64. The first kappa shape index (κ1) is 15.6. The standard InChI is InChI=1S/C21H24N2S/c1-15-14-21(2,3)20(23-15)13-19-18(9-11-22-19)17-7-5-16(6-8-17)10-12-24-4/h5-9,11,20,22H,13-14H2,1-4H3/i4T. The second kappa shape index (κ2) is 6.91. The number of benzene rings is 1. The van der Waals surface area contributed by atoms with Gasteiger partial charge in [-0.1, -0.05) is 43.7 Å². The minimum Gasteiger partial charge on any atom is -0.364 e. The third kappa shape index (κ3) is 3.60. The lowest BCUT2D eigenvalue weighted by Gasteiger charge is -2.25. The molecule has 0 bridgehead atoms. The Kier molecular flexibility index (Phi) is 4.49. The quantitative estimate of drug-likeness (QED) is 0.770. The maximum Gasteiger partial charge on any atom is 0.0608 e. The molecular weight excluding hydrogens is 312 g/mol. The van der Waals surface area contributed by atoms with Crippen LogP contribution in [-0.4, -0.2) is 23.0 Å². The number of rotatable bonds is 3. The molecule has 2 heterocycles. The highest BCUT2D eigenvalue weighted by atomic mass is 32.2. The van der Waals surface area contributed by atoms with Crippen molar-refractivity contribution in [1.82, 2.24) is 4.98 Å². The van der Waals surface area contributed by atoms with Crippen LogP contribution in [0, 0.1) is 16.6 Å². The third-order valence-electron chi connectivity index (χ3n) is 4.68. The lowest BCUT2D eigenvalue weighted by atomic mass is 9.80. The van der Waals surface area contributed by atoms with Crippen LogP contribution in [0.1, 0.15) is 39.8 Å². The number of nitrogens with zero attached hydrogens (tertiary/aromatic N) is 1. The van der Waals surface area contributed by atoms with Crippen molar-refractivity contribution in [3.8, 4) is 22.3 Å². The molecule has 2 nitrogen and oxygen atoms in total. The van der Waals surface area contributed by atoms with Crippen molar-refractivity contribution in [3.63, 3.8) is 0 Å². The van der Waals surface area contributed by atoms with Crippen molar-refractivity contribution >= 4 is 17.5 Å². The summed E-state index contributed by atoms with van der Waals surface area (Å²) in [4.78, 5) is 8.29. The molecule has 0 saturated carbocycles. The number of hydrogen-bond donors (Lipinski definition) is 1. The molecule has 124 valence electrons. The summed E-state index contributed by atoms with van der Waals surface area (Å²) >= 11 is 1.31. The Hall–Kier alpha value is -1.92. The molecule has 1 aliphatic heterocycles. The number of thioether (sulfide) groups is 1. The number of aliphatic imine (C=N–C) groups is 1. The number of H-pyrrole nitrogens is 1. The molecule has 0 aliphatic carbocycles. The predicted molar refractivity (Wildman–Crippen MR) is 106 cm³/mol. The number of aromatic nitrogens is 1. The molecule has 1 aliphatic rings. The zero-order valence-corrected chi connectivity index (χ0v) is 15.3. The van der Waals surface area contributed by atoms with Crippen molar-refractivity contribution in [2.75, 3.05) is 6.23 Å². The number of nitrogens with one attached hydrogen (secondary N) is 1. The zero-order chi connectivity index (χ0) is 17.9. The molecule has 0 radical (unpaired) electrons. The Morgan fingerprint density at radius 3 is 2.79 bits per heavy atom. The average Bonchev–Trinajstić information content (AvgIpc) is 3.12. The van der Waals surface area contributed by atoms with E-state index in [-0.39, 0.29) is 11.6 Å². The van der Waals surface area contributed by atoms with Crippen molar-refractivity contribution in [2.24, 2.45) is 10.4 Å². The minimum absolute atomic E-state index is 0.224. The van der Waals surface area contributed by atoms with Gasteiger partial charge in [-0.25, -0.2) is 0 Å². The number of hydrogen-bond acceptors (Lipinski definition) is 2. The molecule has 0 amide bonds. The van der Waals surface area contributed by atoms with Gasteiger partial charge in [-0.05, 0) is 54.0 Å². The molecule has 0 saturated heterocycles. The summed E-state index contributed by atoms with van der Waals surface area (Å²) in [5.74, 6) is 3.07. The van der Waals surface area contributed by atoms with Crippen LogP contribution in [0.2, 0.25) is 0 Å². The maximum atomic E-state index is 7.10. The molecule has 1 unspecified atom stereocenters. The van der Waals surface area contributed by atoms with Gasteiger partial charge in [0.1, 0.15) is 0 Å². The van der Waals surface area contributed by atoms with Gasteiger partial charge in [-0.15, -0.1) is 0 Å². The summed E-state index contributed by atoms with van der Waals surface area (Å²) in [5, 5.41) is 2.94. The van der Waals surface area contributed by atoms with Crippen LogP contribution in [-0.2, 0) is 6.42 Å². The van der Waals surface area contributed by atoms with E-state index < -0.39 is 0 Å². The second-order valence-electron chi connectivity index (χ2n) is 7.07. The first-order chi connectivity index (χ1) is 12.0. The fraction of sp³-hybridized carbons (Fsp3) is 0.381. The van der Waals surface area contributed by atoms with E-state index in [4.69, 9.17) is 6.36 Å². The Morgan fingerprint density at radius 2 is 2.12 bits per heavy atom. The van der Waals surface area contributed by atoms with Gasteiger partial charge in [0.15, 0.2) is 0 Å². The molecule has 0 fully saturated rings. The maximum absolute atomic E-state index is 7.10. The molecule has 1 N–H and O–H groups in total. The number of aromatic amines is 1. The van der Waals surface area contributed by atoms with Crippen LogP contribution < -0.4 is 0 Å². The van der Waals surface area contributed by atoms with Crippen molar-refractivity contribution < 1.29 is 1.37 Å². The molecule has 0 spiro atoms. The van der Waals surface area contributed by atoms with Gasteiger partial charge in [0.2, 0.25) is 0 Å². The molecule has 1 aromatic carbocycles. The first-order valence-electron chi connectivity index (χ1n) is 8.92. The SMILES string of the molecule is [3H]CSC#Cc1ccc(-c2cc[nH]c2CC2N=C(C)CC2(C)C)cc1. The summed E-state index contributed by atoms with van der Waals surface area (Å²) in [6.07, 6.45) is 4.31. The predicted octanol–water partition coefficient (Wildman–Crippen LogP) is 5.16. The van der Waals surface area contributed by atoms with E-state index in [1.807, 2.05) is 18.3 Å². The lowest BCUT2D eigenvalue weighted by molar-refractivity contribution is 0.321. The van der Waals surface area contributed by atoms with E-state index >= 15 is 0 Å². The molecule has 3 rings (SSSR count). The third-order valence-corrected chi connectivity index (χ3v) is 4.93. The van der Waals surface area contributed by atoms with Crippen LogP contribution in [0.15, 0.2) is 41.5 Å². The van der Waals surface area contributed by atoms with Gasteiger partial charge >= 0.3 is 0 Å². The van der Waals surface area contributed by atoms with Crippen molar-refractivity contribution in [1.29, 1.82) is 0 Å². The highest BCUT2D eigenvalue weighted by Gasteiger charge is 2.35. The highest BCUT2D eigenvalue weighted by molar-refractivity contribution is 8.03. The largest absolute Gasteiger partial charge is 0.364 e. The Morgan fingerprint density at radius 1 is 1.33 bits per heavy atom. The fourth-order valence-electron chi connectivity index (χ4n) is 3.45. The van der Waals surface area contributed by atoms with E-state index in [0.29, 0.717) is 6.04 Å². The van der Waals surface area contributed by atoms with Gasteiger partial charge in [-0.2, -0.15) is 0 Å². The molecular formula is C21H24N2S. The van der Waals surface area contributed by atoms with Crippen LogP contribution in [0.3, 0.4) is 0 Å². The summed E-state index contributed by atoms with van der Waals surface area (Å²) in [7, 11) is 0. The summed E-state index contributed by atoms with van der Waals surface area (Å²) in [5.41, 5.74) is 6.17. The van der Waals surface area contributed by atoms with Gasteiger partial charge in [0.05, 0.1) is 6.04 Å². The lowest BCUT2D eigenvalue weighted by Crippen LogP contribution is -2.26. The highest BCUT2D eigenvalue weighted by Crippen LogP contribution is 2.37. The van der Waals surface area contributed by atoms with Gasteiger partial charge < -0.3 is 4.98 Å². The summed E-state index contributed by atoms with van der Waals surface area (Å²) in [6.45, 7) is 6.75. The smallest absolute Gasteiger partial charge is 0.0608 e. The Balaban J connectivity index is 1.79. The zero-order valence-electron chi connectivity index (χ0n) is 15.5.